The summed E-state index contributed by atoms with van der Waals surface area (Å²) in [5.74, 6) is 0.626. The van der Waals surface area contributed by atoms with Crippen molar-refractivity contribution in [3.63, 3.8) is 0 Å². The van der Waals surface area contributed by atoms with E-state index in [4.69, 9.17) is 0 Å². The molecule has 2 fully saturated rings. The molecule has 2 nitrogen and oxygen atoms in total. The van der Waals surface area contributed by atoms with Crippen molar-refractivity contribution < 1.29 is 4.79 Å². The van der Waals surface area contributed by atoms with Gasteiger partial charge in [-0.15, -0.1) is 12.4 Å². The zero-order chi connectivity index (χ0) is 14.7. The van der Waals surface area contributed by atoms with Gasteiger partial charge in [-0.3, -0.25) is 4.79 Å². The topological polar surface area (TPSA) is 20.3 Å². The monoisotopic (exact) mass is 319 g/mol. The van der Waals surface area contributed by atoms with Crippen LogP contribution in [-0.2, 0) is 4.79 Å². The van der Waals surface area contributed by atoms with Gasteiger partial charge in [0.05, 0.1) is 0 Å². The zero-order valence-corrected chi connectivity index (χ0v) is 14.2. The van der Waals surface area contributed by atoms with Crippen LogP contribution in [0, 0.1) is 12.8 Å². The number of ketones is 1. The first kappa shape index (κ1) is 17.2. The highest BCUT2D eigenvalue weighted by Gasteiger charge is 2.30. The van der Waals surface area contributed by atoms with E-state index in [2.05, 4.69) is 42.2 Å². The molecule has 1 atom stereocenters. The minimum Gasteiger partial charge on any atom is -0.303 e. The normalized spacial score (nSPS) is 24.5. The minimum absolute atomic E-state index is 0. The largest absolute Gasteiger partial charge is 0.303 e. The highest BCUT2D eigenvalue weighted by Crippen LogP contribution is 2.29. The molecule has 120 valence electrons. The zero-order valence-electron chi connectivity index (χ0n) is 13.4. The number of Topliss-reactive ketones (excluding diaryl/α,β-unsaturated/α-hetero) is 1. The van der Waals surface area contributed by atoms with Gasteiger partial charge in [0.1, 0.15) is 0 Å². The molecule has 0 radical (unpaired) electrons. The van der Waals surface area contributed by atoms with Crippen LogP contribution in [-0.4, -0.2) is 30.3 Å². The summed E-state index contributed by atoms with van der Waals surface area (Å²) in [6, 6.07) is 8.43. The summed E-state index contributed by atoms with van der Waals surface area (Å²) in [6.07, 6.45) is 8.03. The molecule has 3 heteroatoms. The second-order valence-electron chi connectivity index (χ2n) is 6.54. The van der Waals surface area contributed by atoms with Crippen LogP contribution in [0.3, 0.4) is 0 Å². The Bertz CT molecular complexity index is 529. The van der Waals surface area contributed by atoms with Gasteiger partial charge < -0.3 is 4.90 Å². The minimum atomic E-state index is 0. The fourth-order valence-electron chi connectivity index (χ4n) is 3.48. The summed E-state index contributed by atoms with van der Waals surface area (Å²) in [4.78, 5) is 15.0. The van der Waals surface area contributed by atoms with E-state index >= 15 is 0 Å². The molecule has 1 saturated heterocycles. The van der Waals surface area contributed by atoms with Crippen LogP contribution in [0.15, 0.2) is 29.8 Å². The molecular weight excluding hydrogens is 294 g/mol. The lowest BCUT2D eigenvalue weighted by molar-refractivity contribution is -0.118. The molecular formula is C19H26ClNO. The summed E-state index contributed by atoms with van der Waals surface area (Å²) in [5.41, 5.74) is 3.45. The molecule has 1 heterocycles. The van der Waals surface area contributed by atoms with Gasteiger partial charge in [0.25, 0.3) is 0 Å². The lowest BCUT2D eigenvalue weighted by atomic mass is 10.0. The molecule has 0 bridgehead atoms. The SMILES string of the molecule is Cc1ccc(/C=C2\CCC(CN3CCCCC3)C2=O)cc1.Cl. The van der Waals surface area contributed by atoms with E-state index in [1.54, 1.807) is 0 Å². The van der Waals surface area contributed by atoms with Gasteiger partial charge in [0.15, 0.2) is 5.78 Å². The number of aryl methyl sites for hydroxylation is 1. The number of hydrogen-bond acceptors (Lipinski definition) is 2. The number of likely N-dealkylation sites (tertiary alicyclic amines) is 1. The number of rotatable bonds is 3. The smallest absolute Gasteiger partial charge is 0.163 e. The lowest BCUT2D eigenvalue weighted by Crippen LogP contribution is -2.35. The van der Waals surface area contributed by atoms with E-state index in [1.165, 1.54) is 37.9 Å². The number of hydrogen-bond donors (Lipinski definition) is 0. The predicted molar refractivity (Wildman–Crippen MR) is 94.4 cm³/mol. The Kier molecular flexibility index (Phi) is 6.22. The Hall–Kier alpha value is -1.12. The van der Waals surface area contributed by atoms with Crippen LogP contribution in [0.1, 0.15) is 43.2 Å². The fraction of sp³-hybridized carbons (Fsp3) is 0.526. The van der Waals surface area contributed by atoms with Crippen LogP contribution in [0.5, 0.6) is 0 Å². The molecule has 1 aromatic carbocycles. The number of nitrogens with zero attached hydrogens (tertiary/aromatic N) is 1. The lowest BCUT2D eigenvalue weighted by Gasteiger charge is -2.28. The van der Waals surface area contributed by atoms with Crippen LogP contribution in [0.2, 0.25) is 0 Å². The summed E-state index contributed by atoms with van der Waals surface area (Å²) in [7, 11) is 0. The fourth-order valence-corrected chi connectivity index (χ4v) is 3.48. The van der Waals surface area contributed by atoms with E-state index in [0.29, 0.717) is 5.78 Å². The van der Waals surface area contributed by atoms with Crippen molar-refractivity contribution in [1.82, 2.24) is 4.90 Å². The quantitative estimate of drug-likeness (QED) is 0.776. The van der Waals surface area contributed by atoms with Gasteiger partial charge in [-0.25, -0.2) is 0 Å². The first-order chi connectivity index (χ1) is 10.2. The van der Waals surface area contributed by atoms with Crippen molar-refractivity contribution in [1.29, 1.82) is 0 Å². The molecule has 3 rings (SSSR count). The van der Waals surface area contributed by atoms with Crippen molar-refractivity contribution >= 4 is 24.3 Å². The van der Waals surface area contributed by atoms with Gasteiger partial charge in [-0.2, -0.15) is 0 Å². The average Bonchev–Trinajstić information content (AvgIpc) is 2.84. The van der Waals surface area contributed by atoms with Crippen molar-refractivity contribution in [3.8, 4) is 0 Å². The second kappa shape index (κ2) is 7.94. The molecule has 0 spiro atoms. The summed E-state index contributed by atoms with van der Waals surface area (Å²) in [6.45, 7) is 5.43. The maximum atomic E-state index is 12.6. The van der Waals surface area contributed by atoms with Crippen LogP contribution < -0.4 is 0 Å². The molecule has 1 aliphatic heterocycles. The van der Waals surface area contributed by atoms with E-state index in [1.807, 2.05) is 0 Å². The Balaban J connectivity index is 0.00000176. The van der Waals surface area contributed by atoms with Crippen LogP contribution in [0.25, 0.3) is 6.08 Å². The molecule has 1 saturated carbocycles. The van der Waals surface area contributed by atoms with Gasteiger partial charge in [-0.1, -0.05) is 36.2 Å². The van der Waals surface area contributed by atoms with E-state index in [9.17, 15) is 4.79 Å². The van der Waals surface area contributed by atoms with Crippen molar-refractivity contribution in [2.75, 3.05) is 19.6 Å². The number of allylic oxidation sites excluding steroid dienone is 1. The van der Waals surface area contributed by atoms with Crippen molar-refractivity contribution in [2.45, 2.75) is 39.0 Å². The van der Waals surface area contributed by atoms with Gasteiger partial charge >= 0.3 is 0 Å². The molecule has 0 amide bonds. The Morgan fingerprint density at radius 2 is 1.82 bits per heavy atom. The molecule has 22 heavy (non-hydrogen) atoms. The highest BCUT2D eigenvalue weighted by molar-refractivity contribution is 6.03. The van der Waals surface area contributed by atoms with Crippen molar-refractivity contribution in [3.05, 3.63) is 41.0 Å². The predicted octanol–water partition coefficient (Wildman–Crippen LogP) is 4.27. The van der Waals surface area contributed by atoms with E-state index in [0.717, 1.165) is 30.5 Å². The number of carbonyl (C=O) groups is 1. The van der Waals surface area contributed by atoms with Gasteiger partial charge in [0.2, 0.25) is 0 Å². The highest BCUT2D eigenvalue weighted by atomic mass is 35.5. The Labute approximate surface area is 140 Å². The van der Waals surface area contributed by atoms with E-state index < -0.39 is 0 Å². The molecule has 2 aliphatic rings. The van der Waals surface area contributed by atoms with E-state index in [-0.39, 0.29) is 18.3 Å². The summed E-state index contributed by atoms with van der Waals surface area (Å²) in [5, 5.41) is 0. The maximum absolute atomic E-state index is 12.6. The summed E-state index contributed by atoms with van der Waals surface area (Å²) < 4.78 is 0. The third kappa shape index (κ3) is 4.21. The Morgan fingerprint density at radius 3 is 2.50 bits per heavy atom. The first-order valence-corrected chi connectivity index (χ1v) is 8.26. The molecule has 0 aromatic heterocycles. The number of piperidine rings is 1. The Morgan fingerprint density at radius 1 is 1.14 bits per heavy atom. The standard InChI is InChI=1S/C19H25NO.ClH/c1-15-5-7-16(8-6-15)13-17-9-10-18(19(17)21)14-20-11-3-2-4-12-20;/h5-8,13,18H,2-4,9-12,14H2,1H3;1H/b17-13+;. The van der Waals surface area contributed by atoms with Crippen molar-refractivity contribution in [2.24, 2.45) is 5.92 Å². The number of carbonyl (C=O) groups excluding carboxylic acids is 1. The maximum Gasteiger partial charge on any atom is 0.163 e. The van der Waals surface area contributed by atoms with Crippen LogP contribution >= 0.6 is 12.4 Å². The third-order valence-corrected chi connectivity index (χ3v) is 4.79. The van der Waals surface area contributed by atoms with Gasteiger partial charge in [0, 0.05) is 12.5 Å². The molecule has 1 unspecified atom stereocenters. The average molecular weight is 320 g/mol. The molecule has 1 aliphatic carbocycles. The number of benzene rings is 1. The molecule has 0 N–H and O–H groups in total. The first-order valence-electron chi connectivity index (χ1n) is 8.26. The second-order valence-corrected chi connectivity index (χ2v) is 6.54. The van der Waals surface area contributed by atoms with Crippen LogP contribution in [0.4, 0.5) is 0 Å². The third-order valence-electron chi connectivity index (χ3n) is 4.79. The molecule has 1 aromatic rings. The number of halogens is 1. The van der Waals surface area contributed by atoms with Gasteiger partial charge in [-0.05, 0) is 62.9 Å². The summed E-state index contributed by atoms with van der Waals surface area (Å²) >= 11 is 0.